The van der Waals surface area contributed by atoms with Crippen molar-refractivity contribution in [3.05, 3.63) is 131 Å². The SMILES string of the molecule is CC(C)c1ccccc1N=C1C(=Nc2ccccc2C(C)C)N(C)[C@H](c2ccccc2)[C@@H](c2ccccc2)N1C. The summed E-state index contributed by atoms with van der Waals surface area (Å²) in [6, 6.07) is 38.6. The molecular formula is C36H40N4. The maximum Gasteiger partial charge on any atom is 0.172 e. The minimum Gasteiger partial charge on any atom is -0.347 e. The largest absolute Gasteiger partial charge is 0.347 e. The van der Waals surface area contributed by atoms with Crippen LogP contribution in [-0.2, 0) is 0 Å². The van der Waals surface area contributed by atoms with Gasteiger partial charge in [0.2, 0.25) is 0 Å². The van der Waals surface area contributed by atoms with E-state index in [1.807, 2.05) is 0 Å². The molecule has 204 valence electrons. The molecule has 1 aliphatic rings. The molecule has 4 aromatic carbocycles. The third kappa shape index (κ3) is 5.44. The highest BCUT2D eigenvalue weighted by molar-refractivity contribution is 6.41. The maximum atomic E-state index is 5.40. The average Bonchev–Trinajstić information content (AvgIpc) is 2.97. The third-order valence-corrected chi connectivity index (χ3v) is 7.85. The summed E-state index contributed by atoms with van der Waals surface area (Å²) < 4.78 is 0. The van der Waals surface area contributed by atoms with Crippen LogP contribution in [0.15, 0.2) is 119 Å². The quantitative estimate of drug-likeness (QED) is 0.250. The Kier molecular flexibility index (Phi) is 8.16. The predicted octanol–water partition coefficient (Wildman–Crippen LogP) is 9.05. The van der Waals surface area contributed by atoms with Crippen molar-refractivity contribution < 1.29 is 0 Å². The fourth-order valence-corrected chi connectivity index (χ4v) is 5.76. The lowest BCUT2D eigenvalue weighted by atomic mass is 9.88. The smallest absolute Gasteiger partial charge is 0.172 e. The monoisotopic (exact) mass is 528 g/mol. The van der Waals surface area contributed by atoms with Crippen LogP contribution < -0.4 is 0 Å². The first kappa shape index (κ1) is 27.4. The second-order valence-electron chi connectivity index (χ2n) is 11.2. The molecule has 4 nitrogen and oxygen atoms in total. The second-order valence-corrected chi connectivity index (χ2v) is 11.2. The molecule has 0 saturated carbocycles. The number of aliphatic imine (C=N–C) groups is 2. The molecule has 0 aliphatic carbocycles. The molecule has 0 unspecified atom stereocenters. The Balaban J connectivity index is 1.78. The number of nitrogens with zero attached hydrogens (tertiary/aromatic N) is 4. The third-order valence-electron chi connectivity index (χ3n) is 7.85. The number of amidine groups is 2. The molecule has 0 amide bonds. The van der Waals surface area contributed by atoms with Crippen molar-refractivity contribution in [2.24, 2.45) is 9.98 Å². The minimum atomic E-state index is 0.0397. The molecule has 4 aromatic rings. The van der Waals surface area contributed by atoms with Gasteiger partial charge in [-0.15, -0.1) is 0 Å². The van der Waals surface area contributed by atoms with Gasteiger partial charge < -0.3 is 9.80 Å². The van der Waals surface area contributed by atoms with Gasteiger partial charge in [0.1, 0.15) is 0 Å². The van der Waals surface area contributed by atoms with Crippen LogP contribution in [-0.4, -0.2) is 35.6 Å². The first-order valence-corrected chi connectivity index (χ1v) is 14.3. The average molecular weight is 529 g/mol. The van der Waals surface area contributed by atoms with Gasteiger partial charge in [0.05, 0.1) is 23.5 Å². The van der Waals surface area contributed by atoms with Crippen molar-refractivity contribution >= 4 is 23.0 Å². The van der Waals surface area contributed by atoms with E-state index in [4.69, 9.17) is 9.98 Å². The molecule has 0 radical (unpaired) electrons. The minimum absolute atomic E-state index is 0.0397. The van der Waals surface area contributed by atoms with Crippen LogP contribution in [0.3, 0.4) is 0 Å². The maximum absolute atomic E-state index is 5.40. The highest BCUT2D eigenvalue weighted by Crippen LogP contribution is 2.43. The van der Waals surface area contributed by atoms with Crippen molar-refractivity contribution in [3.63, 3.8) is 0 Å². The summed E-state index contributed by atoms with van der Waals surface area (Å²) in [5, 5.41) is 0. The molecule has 4 heteroatoms. The molecule has 40 heavy (non-hydrogen) atoms. The zero-order chi connectivity index (χ0) is 28.2. The van der Waals surface area contributed by atoms with E-state index in [1.165, 1.54) is 22.3 Å². The Morgan fingerprint density at radius 1 is 0.475 bits per heavy atom. The lowest BCUT2D eigenvalue weighted by Crippen LogP contribution is -2.54. The lowest BCUT2D eigenvalue weighted by Gasteiger charge is -2.48. The molecule has 1 heterocycles. The summed E-state index contributed by atoms with van der Waals surface area (Å²) in [5.41, 5.74) is 6.93. The van der Waals surface area contributed by atoms with Gasteiger partial charge in [-0.25, -0.2) is 9.98 Å². The Morgan fingerprint density at radius 2 is 0.800 bits per heavy atom. The molecule has 2 atom stereocenters. The van der Waals surface area contributed by atoms with E-state index in [2.05, 4.69) is 161 Å². The number of para-hydroxylation sites is 2. The van der Waals surface area contributed by atoms with Crippen LogP contribution >= 0.6 is 0 Å². The van der Waals surface area contributed by atoms with Crippen molar-refractivity contribution in [1.29, 1.82) is 0 Å². The van der Waals surface area contributed by atoms with Crippen LogP contribution in [0.4, 0.5) is 11.4 Å². The number of rotatable bonds is 6. The van der Waals surface area contributed by atoms with Crippen LogP contribution in [0.5, 0.6) is 0 Å². The van der Waals surface area contributed by atoms with E-state index in [-0.39, 0.29) is 12.1 Å². The fourth-order valence-electron chi connectivity index (χ4n) is 5.76. The molecule has 1 saturated heterocycles. The summed E-state index contributed by atoms with van der Waals surface area (Å²) in [4.78, 5) is 15.5. The first-order chi connectivity index (χ1) is 19.4. The predicted molar refractivity (Wildman–Crippen MR) is 169 cm³/mol. The second kappa shape index (κ2) is 11.9. The molecule has 0 spiro atoms. The van der Waals surface area contributed by atoms with E-state index in [1.54, 1.807) is 0 Å². The van der Waals surface area contributed by atoms with E-state index in [9.17, 15) is 0 Å². The van der Waals surface area contributed by atoms with Gasteiger partial charge in [-0.1, -0.05) is 125 Å². The van der Waals surface area contributed by atoms with E-state index < -0.39 is 0 Å². The Hall–Kier alpha value is -4.18. The first-order valence-electron chi connectivity index (χ1n) is 14.3. The summed E-state index contributed by atoms with van der Waals surface area (Å²) >= 11 is 0. The van der Waals surface area contributed by atoms with Gasteiger partial charge in [-0.3, -0.25) is 0 Å². The number of benzene rings is 4. The van der Waals surface area contributed by atoms with Gasteiger partial charge >= 0.3 is 0 Å². The van der Waals surface area contributed by atoms with Crippen LogP contribution in [0.2, 0.25) is 0 Å². The molecule has 5 rings (SSSR count). The fraction of sp³-hybridized carbons (Fsp3) is 0.278. The molecule has 0 bridgehead atoms. The van der Waals surface area contributed by atoms with Crippen molar-refractivity contribution in [2.75, 3.05) is 14.1 Å². The number of piperazine rings is 1. The summed E-state index contributed by atoms with van der Waals surface area (Å²) in [5.74, 6) is 2.46. The normalized spacial score (nSPS) is 19.7. The summed E-state index contributed by atoms with van der Waals surface area (Å²) in [6.07, 6.45) is 0. The standard InChI is InChI=1S/C36H40N4/c1-25(2)29-21-13-15-23-31(29)37-35-36(38-32-24-16-14-22-30(32)26(3)4)40(6)34(28-19-11-8-12-20-28)33(39(35)5)27-17-9-7-10-18-27/h7-26,33-34H,1-6H3/t33-,34-/m1/s1. The molecule has 1 aliphatic heterocycles. The molecule has 0 N–H and O–H groups in total. The van der Waals surface area contributed by atoms with Crippen LogP contribution in [0.1, 0.15) is 73.9 Å². The van der Waals surface area contributed by atoms with Crippen molar-refractivity contribution in [1.82, 2.24) is 9.80 Å². The van der Waals surface area contributed by atoms with Gasteiger partial charge in [-0.05, 0) is 46.2 Å². The number of hydrogen-bond donors (Lipinski definition) is 0. The van der Waals surface area contributed by atoms with Gasteiger partial charge in [-0.2, -0.15) is 0 Å². The van der Waals surface area contributed by atoms with E-state index in [0.29, 0.717) is 11.8 Å². The number of hydrogen-bond acceptors (Lipinski definition) is 2. The lowest BCUT2D eigenvalue weighted by molar-refractivity contribution is 0.199. The zero-order valence-electron chi connectivity index (χ0n) is 24.5. The van der Waals surface area contributed by atoms with Gasteiger partial charge in [0, 0.05) is 14.1 Å². The summed E-state index contributed by atoms with van der Waals surface area (Å²) in [6.45, 7) is 8.90. The topological polar surface area (TPSA) is 31.2 Å². The molecule has 0 aromatic heterocycles. The highest BCUT2D eigenvalue weighted by atomic mass is 15.4. The van der Waals surface area contributed by atoms with Crippen molar-refractivity contribution in [2.45, 2.75) is 51.6 Å². The van der Waals surface area contributed by atoms with Gasteiger partial charge in [0.25, 0.3) is 0 Å². The van der Waals surface area contributed by atoms with Crippen molar-refractivity contribution in [3.8, 4) is 0 Å². The van der Waals surface area contributed by atoms with E-state index in [0.717, 1.165) is 23.0 Å². The van der Waals surface area contributed by atoms with E-state index >= 15 is 0 Å². The summed E-state index contributed by atoms with van der Waals surface area (Å²) in [7, 11) is 4.34. The van der Waals surface area contributed by atoms with Crippen LogP contribution in [0, 0.1) is 0 Å². The Labute approximate surface area is 239 Å². The Morgan fingerprint density at radius 3 is 1.15 bits per heavy atom. The Bertz CT molecular complexity index is 1370. The van der Waals surface area contributed by atoms with Crippen LogP contribution in [0.25, 0.3) is 0 Å². The molecule has 1 fully saturated rings. The highest BCUT2D eigenvalue weighted by Gasteiger charge is 2.42. The number of likely N-dealkylation sites (N-methyl/N-ethyl adjacent to an activating group) is 2. The molecular weight excluding hydrogens is 488 g/mol. The zero-order valence-corrected chi connectivity index (χ0v) is 24.5. The van der Waals surface area contributed by atoms with Gasteiger partial charge in [0.15, 0.2) is 11.7 Å².